The Bertz CT molecular complexity index is 1340. The van der Waals surface area contributed by atoms with Crippen LogP contribution in [0.15, 0.2) is 73.2 Å². The lowest BCUT2D eigenvalue weighted by Gasteiger charge is -2.10. The van der Waals surface area contributed by atoms with Gasteiger partial charge < -0.3 is 5.32 Å². The molecule has 1 N–H and O–H groups in total. The van der Waals surface area contributed by atoms with E-state index in [4.69, 9.17) is 0 Å². The highest BCUT2D eigenvalue weighted by Gasteiger charge is 2.10. The van der Waals surface area contributed by atoms with Crippen LogP contribution in [-0.4, -0.2) is 19.7 Å². The van der Waals surface area contributed by atoms with E-state index in [2.05, 4.69) is 32.5 Å². The van der Waals surface area contributed by atoms with Gasteiger partial charge in [0.2, 0.25) is 0 Å². The van der Waals surface area contributed by atoms with Crippen LogP contribution in [0.2, 0.25) is 0 Å². The summed E-state index contributed by atoms with van der Waals surface area (Å²) in [6.07, 6.45) is 3.30. The average Bonchev–Trinajstić information content (AvgIpc) is 3.12. The molecule has 0 radical (unpaired) electrons. The van der Waals surface area contributed by atoms with Crippen molar-refractivity contribution < 1.29 is 4.39 Å². The normalized spacial score (nSPS) is 10.9. The summed E-state index contributed by atoms with van der Waals surface area (Å²) in [6, 6.07) is 19.5. The minimum atomic E-state index is -0.282. The number of hydrogen-bond donors (Lipinski definition) is 1. The van der Waals surface area contributed by atoms with Gasteiger partial charge in [-0.1, -0.05) is 30.3 Å². The van der Waals surface area contributed by atoms with E-state index in [-0.39, 0.29) is 18.2 Å². The summed E-state index contributed by atoms with van der Waals surface area (Å²) < 4.78 is 16.4. The molecular weight excluding hydrogens is 516 g/mol. The van der Waals surface area contributed by atoms with Crippen molar-refractivity contribution in [2.75, 3.05) is 5.32 Å². The van der Waals surface area contributed by atoms with Crippen molar-refractivity contribution in [2.24, 2.45) is 0 Å². The highest BCUT2D eigenvalue weighted by atomic mass is 127. The van der Waals surface area contributed by atoms with Crippen LogP contribution in [0.3, 0.4) is 0 Å². The highest BCUT2D eigenvalue weighted by molar-refractivity contribution is 14.1. The lowest BCUT2D eigenvalue weighted by atomic mass is 10.2. The molecule has 5 rings (SSSR count). The van der Waals surface area contributed by atoms with E-state index in [9.17, 15) is 4.39 Å². The van der Waals surface area contributed by atoms with E-state index in [1.54, 1.807) is 6.07 Å². The summed E-state index contributed by atoms with van der Waals surface area (Å²) in [5, 5.41) is 9.67. The summed E-state index contributed by atoms with van der Waals surface area (Å²) in [7, 11) is 0. The smallest absolute Gasteiger partial charge is 0.141 e. The zero-order valence-electron chi connectivity index (χ0n) is 15.6. The van der Waals surface area contributed by atoms with Crippen LogP contribution in [0, 0.1) is 9.39 Å². The Hall–Kier alpha value is -2.78. The van der Waals surface area contributed by atoms with Crippen LogP contribution in [0.25, 0.3) is 21.8 Å². The van der Waals surface area contributed by atoms with Crippen LogP contribution in [0.4, 0.5) is 15.9 Å². The third-order valence-electron chi connectivity index (χ3n) is 4.76. The van der Waals surface area contributed by atoms with Crippen molar-refractivity contribution in [1.29, 1.82) is 0 Å². The summed E-state index contributed by atoms with van der Waals surface area (Å²) in [6.45, 7) is 0.720. The van der Waals surface area contributed by atoms with Gasteiger partial charge >= 0.3 is 0 Å². The maximum atomic E-state index is 13.8. The fraction of sp³-hybridized carbons (Fsp3) is 0.0455. The SMILES string of the molecule is Cl.Fc1cc2ncnc(Nc3ccc4c(cnn4Cc4ccccc4)c3)c2cc1I. The molecule has 0 bridgehead atoms. The van der Waals surface area contributed by atoms with Gasteiger partial charge in [0.15, 0.2) is 0 Å². The average molecular weight is 532 g/mol. The lowest BCUT2D eigenvalue weighted by Crippen LogP contribution is -2.01. The topological polar surface area (TPSA) is 55.6 Å². The summed E-state index contributed by atoms with van der Waals surface area (Å²) in [5.41, 5.74) is 3.71. The Morgan fingerprint density at radius 2 is 1.83 bits per heavy atom. The first-order valence-electron chi connectivity index (χ1n) is 9.04. The van der Waals surface area contributed by atoms with Gasteiger partial charge in [0.25, 0.3) is 0 Å². The molecule has 2 aromatic heterocycles. The number of hydrogen-bond acceptors (Lipinski definition) is 4. The standard InChI is InChI=1S/C22H15FIN5.ClH/c23-18-10-20-17(9-19(18)24)22(26-13-25-20)28-16-6-7-21-15(8-16)11-27-29(21)12-14-4-2-1-3-5-14;/h1-11,13H,12H2,(H,25,26,28);1H. The molecule has 3 aromatic carbocycles. The number of benzene rings is 3. The molecule has 0 spiro atoms. The minimum absolute atomic E-state index is 0. The molecule has 2 heterocycles. The van der Waals surface area contributed by atoms with E-state index in [0.717, 1.165) is 28.5 Å². The molecule has 150 valence electrons. The first kappa shape index (κ1) is 20.5. The number of fused-ring (bicyclic) bond motifs is 2. The predicted octanol–water partition coefficient (Wildman–Crippen LogP) is 5.94. The molecule has 0 aliphatic rings. The number of nitrogens with zero attached hydrogens (tertiary/aromatic N) is 4. The second-order valence-electron chi connectivity index (χ2n) is 6.69. The Kier molecular flexibility index (Phi) is 5.83. The minimum Gasteiger partial charge on any atom is -0.340 e. The first-order chi connectivity index (χ1) is 14.2. The lowest BCUT2D eigenvalue weighted by molar-refractivity contribution is 0.622. The summed E-state index contributed by atoms with van der Waals surface area (Å²) >= 11 is 1.97. The van der Waals surface area contributed by atoms with Crippen LogP contribution in [0.1, 0.15) is 5.56 Å². The van der Waals surface area contributed by atoms with Gasteiger partial charge in [0.05, 0.1) is 23.8 Å². The van der Waals surface area contributed by atoms with Gasteiger partial charge in [0, 0.05) is 26.1 Å². The molecule has 0 aliphatic heterocycles. The highest BCUT2D eigenvalue weighted by Crippen LogP contribution is 2.28. The van der Waals surface area contributed by atoms with Crippen LogP contribution in [0.5, 0.6) is 0 Å². The van der Waals surface area contributed by atoms with E-state index in [0.29, 0.717) is 14.9 Å². The molecule has 0 saturated carbocycles. The van der Waals surface area contributed by atoms with E-state index in [1.807, 2.05) is 69.9 Å². The molecule has 5 nitrogen and oxygen atoms in total. The summed E-state index contributed by atoms with van der Waals surface area (Å²) in [4.78, 5) is 8.52. The molecular formula is C22H16ClFIN5. The number of rotatable bonds is 4. The second-order valence-corrected chi connectivity index (χ2v) is 7.85. The monoisotopic (exact) mass is 531 g/mol. The van der Waals surface area contributed by atoms with Crippen molar-refractivity contribution in [1.82, 2.24) is 19.7 Å². The molecule has 0 unspecified atom stereocenters. The fourth-order valence-corrected chi connectivity index (χ4v) is 3.80. The van der Waals surface area contributed by atoms with E-state index >= 15 is 0 Å². The molecule has 0 aliphatic carbocycles. The van der Waals surface area contributed by atoms with Gasteiger partial charge in [-0.05, 0) is 52.4 Å². The van der Waals surface area contributed by atoms with Gasteiger partial charge in [-0.15, -0.1) is 12.4 Å². The van der Waals surface area contributed by atoms with Gasteiger partial charge in [-0.3, -0.25) is 4.68 Å². The van der Waals surface area contributed by atoms with Crippen molar-refractivity contribution in [2.45, 2.75) is 6.54 Å². The quantitative estimate of drug-likeness (QED) is 0.292. The zero-order chi connectivity index (χ0) is 19.8. The fourth-order valence-electron chi connectivity index (χ4n) is 3.33. The van der Waals surface area contributed by atoms with E-state index < -0.39 is 0 Å². The molecule has 30 heavy (non-hydrogen) atoms. The Labute approximate surface area is 191 Å². The van der Waals surface area contributed by atoms with Crippen LogP contribution >= 0.6 is 35.0 Å². The third-order valence-corrected chi connectivity index (χ3v) is 5.58. The first-order valence-corrected chi connectivity index (χ1v) is 10.1. The molecule has 0 saturated heterocycles. The summed E-state index contributed by atoms with van der Waals surface area (Å²) in [5.74, 6) is 0.360. The molecule has 8 heteroatoms. The van der Waals surface area contributed by atoms with Gasteiger partial charge in [-0.25, -0.2) is 14.4 Å². The van der Waals surface area contributed by atoms with Crippen LogP contribution in [-0.2, 0) is 6.54 Å². The number of anilines is 2. The predicted molar refractivity (Wildman–Crippen MR) is 128 cm³/mol. The van der Waals surface area contributed by atoms with Crippen molar-refractivity contribution in [3.05, 3.63) is 88.1 Å². The molecule has 0 fully saturated rings. The maximum absolute atomic E-state index is 13.8. The molecule has 5 aromatic rings. The number of nitrogens with one attached hydrogen (secondary N) is 1. The van der Waals surface area contributed by atoms with E-state index in [1.165, 1.54) is 18.0 Å². The largest absolute Gasteiger partial charge is 0.340 e. The second kappa shape index (κ2) is 8.53. The Morgan fingerprint density at radius 3 is 2.67 bits per heavy atom. The number of aromatic nitrogens is 4. The van der Waals surface area contributed by atoms with Crippen molar-refractivity contribution in [3.8, 4) is 0 Å². The Balaban J connectivity index is 0.00000218. The third kappa shape index (κ3) is 3.95. The van der Waals surface area contributed by atoms with Crippen molar-refractivity contribution in [3.63, 3.8) is 0 Å². The zero-order valence-corrected chi connectivity index (χ0v) is 18.6. The molecule has 0 amide bonds. The molecule has 0 atom stereocenters. The van der Waals surface area contributed by atoms with Gasteiger partial charge in [-0.2, -0.15) is 5.10 Å². The van der Waals surface area contributed by atoms with Gasteiger partial charge in [0.1, 0.15) is 18.0 Å². The van der Waals surface area contributed by atoms with Crippen LogP contribution < -0.4 is 5.32 Å². The number of halogens is 3. The Morgan fingerprint density at radius 1 is 1.00 bits per heavy atom. The van der Waals surface area contributed by atoms with Crippen molar-refractivity contribution >= 4 is 68.3 Å². The maximum Gasteiger partial charge on any atom is 0.141 e.